The van der Waals surface area contributed by atoms with Crippen LogP contribution < -0.4 is 10.1 Å². The number of rotatable bonds is 8. The Labute approximate surface area is 220 Å². The molecule has 0 radical (unpaired) electrons. The third-order valence-electron chi connectivity index (χ3n) is 6.56. The Hall–Kier alpha value is -4.57. The first-order valence-corrected chi connectivity index (χ1v) is 12.4. The molecule has 0 spiro atoms. The molecule has 1 saturated heterocycles. The van der Waals surface area contributed by atoms with E-state index >= 15 is 0 Å². The summed E-state index contributed by atoms with van der Waals surface area (Å²) in [6.45, 7) is 2.47. The van der Waals surface area contributed by atoms with Crippen molar-refractivity contribution in [1.82, 2.24) is 19.9 Å². The Morgan fingerprint density at radius 3 is 2.26 bits per heavy atom. The Bertz CT molecular complexity index is 1390. The Balaban J connectivity index is 1.15. The molecule has 10 heteroatoms. The average Bonchev–Trinajstić information content (AvgIpc) is 3.40. The fourth-order valence-electron chi connectivity index (χ4n) is 4.35. The SMILES string of the molecule is CN1CCC(Oc2ccc(-c3ccc(NC(=O)c4cn(Cc5ccc([N+](=O)[O-])cc5)nn4)cc3)cc2)CC1. The highest BCUT2D eigenvalue weighted by Gasteiger charge is 2.18. The largest absolute Gasteiger partial charge is 0.490 e. The van der Waals surface area contributed by atoms with Crippen LogP contribution >= 0.6 is 0 Å². The molecule has 1 amide bonds. The van der Waals surface area contributed by atoms with Gasteiger partial charge in [-0.3, -0.25) is 14.9 Å². The zero-order valence-corrected chi connectivity index (χ0v) is 21.0. The number of non-ortho nitro benzene ring substituents is 1. The predicted molar refractivity (Wildman–Crippen MR) is 143 cm³/mol. The summed E-state index contributed by atoms with van der Waals surface area (Å²) in [7, 11) is 2.14. The molecule has 0 unspecified atom stereocenters. The summed E-state index contributed by atoms with van der Waals surface area (Å²) in [5.74, 6) is 0.511. The molecule has 0 saturated carbocycles. The molecule has 10 nitrogen and oxygen atoms in total. The van der Waals surface area contributed by atoms with E-state index in [1.807, 2.05) is 48.5 Å². The zero-order chi connectivity index (χ0) is 26.5. The minimum atomic E-state index is -0.448. The fourth-order valence-corrected chi connectivity index (χ4v) is 4.35. The molecule has 194 valence electrons. The van der Waals surface area contributed by atoms with Crippen molar-refractivity contribution in [2.24, 2.45) is 0 Å². The smallest absolute Gasteiger partial charge is 0.277 e. The zero-order valence-electron chi connectivity index (χ0n) is 21.0. The molecular weight excluding hydrogens is 484 g/mol. The first-order chi connectivity index (χ1) is 18.4. The molecule has 0 aliphatic carbocycles. The second kappa shape index (κ2) is 11.2. The number of hydrogen-bond acceptors (Lipinski definition) is 7. The van der Waals surface area contributed by atoms with Crippen molar-refractivity contribution in [3.8, 4) is 16.9 Å². The minimum absolute atomic E-state index is 0.0208. The van der Waals surface area contributed by atoms with Crippen LogP contribution in [0.5, 0.6) is 5.75 Å². The van der Waals surface area contributed by atoms with E-state index < -0.39 is 4.92 Å². The molecule has 2 heterocycles. The number of likely N-dealkylation sites (tertiary alicyclic amines) is 1. The van der Waals surface area contributed by atoms with E-state index in [1.54, 1.807) is 18.3 Å². The van der Waals surface area contributed by atoms with Gasteiger partial charge < -0.3 is 15.0 Å². The summed E-state index contributed by atoms with van der Waals surface area (Å²) >= 11 is 0. The van der Waals surface area contributed by atoms with Gasteiger partial charge in [-0.25, -0.2) is 4.68 Å². The molecule has 1 aliphatic heterocycles. The number of anilines is 1. The first kappa shape index (κ1) is 25.1. The van der Waals surface area contributed by atoms with E-state index in [4.69, 9.17) is 4.74 Å². The molecule has 1 N–H and O–H groups in total. The van der Waals surface area contributed by atoms with Crippen molar-refractivity contribution in [3.63, 3.8) is 0 Å². The lowest BCUT2D eigenvalue weighted by molar-refractivity contribution is -0.384. The highest BCUT2D eigenvalue weighted by Crippen LogP contribution is 2.26. The lowest BCUT2D eigenvalue weighted by Gasteiger charge is -2.29. The van der Waals surface area contributed by atoms with Gasteiger partial charge in [0, 0.05) is 30.9 Å². The molecule has 0 bridgehead atoms. The monoisotopic (exact) mass is 512 g/mol. The summed E-state index contributed by atoms with van der Waals surface area (Å²) in [5.41, 5.74) is 3.75. The maximum Gasteiger partial charge on any atom is 0.277 e. The number of benzene rings is 3. The molecule has 3 aromatic carbocycles. The van der Waals surface area contributed by atoms with Crippen LogP contribution in [-0.4, -0.2) is 57.0 Å². The van der Waals surface area contributed by atoms with Gasteiger partial charge in [-0.15, -0.1) is 5.10 Å². The van der Waals surface area contributed by atoms with Gasteiger partial charge in [0.2, 0.25) is 0 Å². The number of aromatic nitrogens is 3. The third-order valence-corrected chi connectivity index (χ3v) is 6.56. The maximum absolute atomic E-state index is 12.7. The number of hydrogen-bond donors (Lipinski definition) is 1. The van der Waals surface area contributed by atoms with E-state index in [0.29, 0.717) is 12.2 Å². The molecule has 1 fully saturated rings. The molecule has 38 heavy (non-hydrogen) atoms. The van der Waals surface area contributed by atoms with Crippen molar-refractivity contribution >= 4 is 17.3 Å². The minimum Gasteiger partial charge on any atom is -0.490 e. The molecule has 1 aromatic heterocycles. The van der Waals surface area contributed by atoms with Crippen molar-refractivity contribution in [1.29, 1.82) is 0 Å². The number of nitrogens with one attached hydrogen (secondary N) is 1. The molecular formula is C28H28N6O4. The normalized spacial score (nSPS) is 14.2. The summed E-state index contributed by atoms with van der Waals surface area (Å²) in [6, 6.07) is 21.9. The number of carbonyl (C=O) groups excluding carboxylic acids is 1. The van der Waals surface area contributed by atoms with Crippen LogP contribution in [-0.2, 0) is 6.54 Å². The molecule has 0 atom stereocenters. The Morgan fingerprint density at radius 2 is 1.63 bits per heavy atom. The summed E-state index contributed by atoms with van der Waals surface area (Å²) in [4.78, 5) is 25.3. The number of amides is 1. The first-order valence-electron chi connectivity index (χ1n) is 12.4. The van der Waals surface area contributed by atoms with Crippen molar-refractivity contribution < 1.29 is 14.5 Å². The number of ether oxygens (including phenoxy) is 1. The van der Waals surface area contributed by atoms with Gasteiger partial charge in [-0.1, -0.05) is 41.6 Å². The van der Waals surface area contributed by atoms with Crippen LogP contribution in [0.3, 0.4) is 0 Å². The van der Waals surface area contributed by atoms with E-state index in [9.17, 15) is 14.9 Å². The van der Waals surface area contributed by atoms with Gasteiger partial charge in [0.05, 0.1) is 17.7 Å². The summed E-state index contributed by atoms with van der Waals surface area (Å²) in [6.07, 6.45) is 3.90. The Morgan fingerprint density at radius 1 is 1.00 bits per heavy atom. The van der Waals surface area contributed by atoms with Crippen LogP contribution in [0.2, 0.25) is 0 Å². The highest BCUT2D eigenvalue weighted by atomic mass is 16.6. The standard InChI is InChI=1S/C28H28N6O4/c1-32-16-14-26(15-17-32)38-25-12-6-22(7-13-25)21-4-8-23(9-5-21)29-28(35)27-19-33(31-30-27)18-20-2-10-24(11-3-20)34(36)37/h2-13,19,26H,14-18H2,1H3,(H,29,35). The van der Waals surface area contributed by atoms with Crippen molar-refractivity contribution in [2.45, 2.75) is 25.5 Å². The molecule has 4 aromatic rings. The highest BCUT2D eigenvalue weighted by molar-refractivity contribution is 6.02. The second-order valence-corrected chi connectivity index (χ2v) is 9.40. The van der Waals surface area contributed by atoms with E-state index in [2.05, 4.69) is 27.6 Å². The van der Waals surface area contributed by atoms with E-state index in [0.717, 1.165) is 48.4 Å². The van der Waals surface area contributed by atoms with Gasteiger partial charge in [-0.05, 0) is 60.8 Å². The van der Waals surface area contributed by atoms with Gasteiger partial charge in [0.1, 0.15) is 11.9 Å². The maximum atomic E-state index is 12.7. The van der Waals surface area contributed by atoms with E-state index in [-0.39, 0.29) is 23.4 Å². The summed E-state index contributed by atoms with van der Waals surface area (Å²) < 4.78 is 7.65. The number of piperidine rings is 1. The fraction of sp³-hybridized carbons (Fsp3) is 0.250. The van der Waals surface area contributed by atoms with E-state index in [1.165, 1.54) is 16.8 Å². The van der Waals surface area contributed by atoms with Crippen molar-refractivity contribution in [3.05, 3.63) is 100 Å². The predicted octanol–water partition coefficient (Wildman–Crippen LogP) is 4.63. The van der Waals surface area contributed by atoms with Gasteiger partial charge in [0.15, 0.2) is 5.69 Å². The number of nitro benzene ring substituents is 1. The summed E-state index contributed by atoms with van der Waals surface area (Å²) in [5, 5.41) is 21.6. The third kappa shape index (κ3) is 6.22. The number of carbonyl (C=O) groups is 1. The van der Waals surface area contributed by atoms with Crippen LogP contribution in [0.1, 0.15) is 28.9 Å². The van der Waals surface area contributed by atoms with Crippen LogP contribution in [0.4, 0.5) is 11.4 Å². The van der Waals surface area contributed by atoms with Gasteiger partial charge in [0.25, 0.3) is 11.6 Å². The average molecular weight is 513 g/mol. The lowest BCUT2D eigenvalue weighted by Crippen LogP contribution is -2.35. The molecule has 1 aliphatic rings. The quantitative estimate of drug-likeness (QED) is 0.270. The van der Waals surface area contributed by atoms with Crippen LogP contribution in [0.15, 0.2) is 79.0 Å². The number of nitrogens with zero attached hydrogens (tertiary/aromatic N) is 5. The molecule has 5 rings (SSSR count). The lowest BCUT2D eigenvalue weighted by atomic mass is 10.0. The Kier molecular flexibility index (Phi) is 7.41. The number of nitro groups is 1. The topological polar surface area (TPSA) is 115 Å². The van der Waals surface area contributed by atoms with Gasteiger partial charge >= 0.3 is 0 Å². The van der Waals surface area contributed by atoms with Gasteiger partial charge in [-0.2, -0.15) is 0 Å². The van der Waals surface area contributed by atoms with Crippen LogP contribution in [0.25, 0.3) is 11.1 Å². The van der Waals surface area contributed by atoms with Crippen LogP contribution in [0, 0.1) is 10.1 Å². The second-order valence-electron chi connectivity index (χ2n) is 9.40. The van der Waals surface area contributed by atoms with Crippen molar-refractivity contribution in [2.75, 3.05) is 25.5 Å².